The predicted molar refractivity (Wildman–Crippen MR) is 66.9 cm³/mol. The van der Waals surface area contributed by atoms with E-state index in [1.165, 1.54) is 38.6 Å². The Kier molecular flexibility index (Phi) is 5.62. The Morgan fingerprint density at radius 2 is 1.87 bits per heavy atom. The molecule has 2 atom stereocenters. The standard InChI is InChI=1S/C13H28N2/c1-4-6-12(7-5-2)15-9-8-11(3)13(14)10-15/h11-13H,4-10,14H2,1-3H3. The molecule has 0 aliphatic carbocycles. The molecular formula is C13H28N2. The molecule has 2 N–H and O–H groups in total. The van der Waals surface area contributed by atoms with Crippen LogP contribution in [0.5, 0.6) is 0 Å². The van der Waals surface area contributed by atoms with E-state index < -0.39 is 0 Å². The van der Waals surface area contributed by atoms with Gasteiger partial charge in [0.15, 0.2) is 0 Å². The zero-order chi connectivity index (χ0) is 11.3. The van der Waals surface area contributed by atoms with E-state index in [1.807, 2.05) is 0 Å². The third kappa shape index (κ3) is 3.76. The van der Waals surface area contributed by atoms with Crippen LogP contribution in [0.1, 0.15) is 52.9 Å². The molecule has 15 heavy (non-hydrogen) atoms. The smallest absolute Gasteiger partial charge is 0.0194 e. The first-order valence-corrected chi connectivity index (χ1v) is 6.68. The molecule has 1 aliphatic heterocycles. The fraction of sp³-hybridized carbons (Fsp3) is 1.00. The fourth-order valence-electron chi connectivity index (χ4n) is 2.63. The number of nitrogens with zero attached hydrogens (tertiary/aromatic N) is 1. The highest BCUT2D eigenvalue weighted by Gasteiger charge is 2.26. The molecule has 0 aromatic heterocycles. The van der Waals surface area contributed by atoms with Crippen molar-refractivity contribution in [2.24, 2.45) is 11.7 Å². The monoisotopic (exact) mass is 212 g/mol. The van der Waals surface area contributed by atoms with Gasteiger partial charge in [-0.25, -0.2) is 0 Å². The zero-order valence-corrected chi connectivity index (χ0v) is 10.7. The van der Waals surface area contributed by atoms with Crippen molar-refractivity contribution in [1.82, 2.24) is 4.90 Å². The highest BCUT2D eigenvalue weighted by atomic mass is 15.2. The molecule has 90 valence electrons. The van der Waals surface area contributed by atoms with Crippen LogP contribution in [0.15, 0.2) is 0 Å². The van der Waals surface area contributed by atoms with E-state index in [0.717, 1.165) is 12.6 Å². The third-order valence-electron chi connectivity index (χ3n) is 3.81. The summed E-state index contributed by atoms with van der Waals surface area (Å²) in [6.07, 6.45) is 6.56. The average molecular weight is 212 g/mol. The molecule has 0 aromatic rings. The van der Waals surface area contributed by atoms with Crippen LogP contribution in [0.3, 0.4) is 0 Å². The average Bonchev–Trinajstić information content (AvgIpc) is 2.22. The Bertz CT molecular complexity index is 164. The summed E-state index contributed by atoms with van der Waals surface area (Å²) >= 11 is 0. The second-order valence-corrected chi connectivity index (χ2v) is 5.16. The van der Waals surface area contributed by atoms with Gasteiger partial charge in [-0.2, -0.15) is 0 Å². The van der Waals surface area contributed by atoms with Gasteiger partial charge in [0.05, 0.1) is 0 Å². The van der Waals surface area contributed by atoms with Gasteiger partial charge < -0.3 is 5.73 Å². The number of likely N-dealkylation sites (tertiary alicyclic amines) is 1. The topological polar surface area (TPSA) is 29.3 Å². The van der Waals surface area contributed by atoms with Gasteiger partial charge in [-0.15, -0.1) is 0 Å². The summed E-state index contributed by atoms with van der Waals surface area (Å²) < 4.78 is 0. The Hall–Kier alpha value is -0.0800. The van der Waals surface area contributed by atoms with Crippen molar-refractivity contribution in [2.45, 2.75) is 65.0 Å². The molecule has 0 amide bonds. The molecule has 0 aromatic carbocycles. The van der Waals surface area contributed by atoms with Crippen LogP contribution < -0.4 is 5.73 Å². The first kappa shape index (κ1) is 13.0. The minimum atomic E-state index is 0.398. The summed E-state index contributed by atoms with van der Waals surface area (Å²) in [6.45, 7) is 9.24. The van der Waals surface area contributed by atoms with Crippen molar-refractivity contribution in [3.8, 4) is 0 Å². The second kappa shape index (κ2) is 6.49. The van der Waals surface area contributed by atoms with Gasteiger partial charge in [0.25, 0.3) is 0 Å². The lowest BCUT2D eigenvalue weighted by Gasteiger charge is -2.40. The van der Waals surface area contributed by atoms with Gasteiger partial charge in [-0.3, -0.25) is 4.90 Å². The van der Waals surface area contributed by atoms with Gasteiger partial charge in [-0.05, 0) is 31.7 Å². The van der Waals surface area contributed by atoms with Crippen molar-refractivity contribution < 1.29 is 0 Å². The van der Waals surface area contributed by atoms with Crippen molar-refractivity contribution in [1.29, 1.82) is 0 Å². The molecular weight excluding hydrogens is 184 g/mol. The number of piperidine rings is 1. The summed E-state index contributed by atoms with van der Waals surface area (Å²) in [6, 6.07) is 1.19. The lowest BCUT2D eigenvalue weighted by molar-refractivity contribution is 0.108. The maximum atomic E-state index is 6.16. The Morgan fingerprint density at radius 3 is 2.33 bits per heavy atom. The van der Waals surface area contributed by atoms with E-state index in [2.05, 4.69) is 25.7 Å². The molecule has 0 spiro atoms. The van der Waals surface area contributed by atoms with Crippen LogP contribution in [-0.2, 0) is 0 Å². The van der Waals surface area contributed by atoms with E-state index in [4.69, 9.17) is 5.73 Å². The molecule has 1 rings (SSSR count). The molecule has 0 saturated carbocycles. The van der Waals surface area contributed by atoms with Gasteiger partial charge in [0, 0.05) is 18.6 Å². The van der Waals surface area contributed by atoms with E-state index in [0.29, 0.717) is 12.0 Å². The first-order valence-electron chi connectivity index (χ1n) is 6.68. The van der Waals surface area contributed by atoms with E-state index in [-0.39, 0.29) is 0 Å². The maximum Gasteiger partial charge on any atom is 0.0194 e. The number of hydrogen-bond acceptors (Lipinski definition) is 2. The normalized spacial score (nSPS) is 28.6. The number of hydrogen-bond donors (Lipinski definition) is 1. The van der Waals surface area contributed by atoms with Gasteiger partial charge >= 0.3 is 0 Å². The molecule has 1 aliphatic rings. The number of rotatable bonds is 5. The summed E-state index contributed by atoms with van der Waals surface area (Å²) in [5.74, 6) is 0.713. The lowest BCUT2D eigenvalue weighted by Crippen LogP contribution is -2.51. The summed E-state index contributed by atoms with van der Waals surface area (Å²) in [7, 11) is 0. The van der Waals surface area contributed by atoms with Crippen molar-refractivity contribution in [3.05, 3.63) is 0 Å². The fourth-order valence-corrected chi connectivity index (χ4v) is 2.63. The van der Waals surface area contributed by atoms with E-state index in [9.17, 15) is 0 Å². The summed E-state index contributed by atoms with van der Waals surface area (Å²) in [5.41, 5.74) is 6.16. The quantitative estimate of drug-likeness (QED) is 0.759. The molecule has 2 heteroatoms. The van der Waals surface area contributed by atoms with Crippen LogP contribution in [0.2, 0.25) is 0 Å². The molecule has 1 heterocycles. The van der Waals surface area contributed by atoms with Gasteiger partial charge in [0.1, 0.15) is 0 Å². The minimum absolute atomic E-state index is 0.398. The van der Waals surface area contributed by atoms with Gasteiger partial charge in [-0.1, -0.05) is 33.6 Å². The van der Waals surface area contributed by atoms with Crippen LogP contribution in [0.25, 0.3) is 0 Å². The highest BCUT2D eigenvalue weighted by Crippen LogP contribution is 2.21. The van der Waals surface area contributed by atoms with Crippen LogP contribution in [0, 0.1) is 5.92 Å². The van der Waals surface area contributed by atoms with Crippen molar-refractivity contribution in [3.63, 3.8) is 0 Å². The zero-order valence-electron chi connectivity index (χ0n) is 10.7. The Labute approximate surface area is 95.2 Å². The van der Waals surface area contributed by atoms with Gasteiger partial charge in [0.2, 0.25) is 0 Å². The molecule has 0 bridgehead atoms. The maximum absolute atomic E-state index is 6.16. The molecule has 2 nitrogen and oxygen atoms in total. The summed E-state index contributed by atoms with van der Waals surface area (Å²) in [4.78, 5) is 2.64. The van der Waals surface area contributed by atoms with Crippen molar-refractivity contribution in [2.75, 3.05) is 13.1 Å². The minimum Gasteiger partial charge on any atom is -0.326 e. The lowest BCUT2D eigenvalue weighted by atomic mass is 9.92. The van der Waals surface area contributed by atoms with E-state index >= 15 is 0 Å². The Morgan fingerprint density at radius 1 is 1.27 bits per heavy atom. The first-order chi connectivity index (χ1) is 7.19. The highest BCUT2D eigenvalue weighted by molar-refractivity contribution is 4.84. The van der Waals surface area contributed by atoms with Crippen LogP contribution >= 0.6 is 0 Å². The SMILES string of the molecule is CCCC(CCC)N1CCC(C)C(N)C1. The molecule has 1 fully saturated rings. The third-order valence-corrected chi connectivity index (χ3v) is 3.81. The largest absolute Gasteiger partial charge is 0.326 e. The Balaban J connectivity index is 2.45. The van der Waals surface area contributed by atoms with Crippen molar-refractivity contribution >= 4 is 0 Å². The molecule has 0 radical (unpaired) electrons. The summed E-state index contributed by atoms with van der Waals surface area (Å²) in [5, 5.41) is 0. The van der Waals surface area contributed by atoms with Crippen LogP contribution in [-0.4, -0.2) is 30.1 Å². The van der Waals surface area contributed by atoms with E-state index in [1.54, 1.807) is 0 Å². The predicted octanol–water partition coefficient (Wildman–Crippen LogP) is 2.62. The molecule has 1 saturated heterocycles. The number of nitrogens with two attached hydrogens (primary N) is 1. The molecule has 2 unspecified atom stereocenters. The van der Waals surface area contributed by atoms with Crippen LogP contribution in [0.4, 0.5) is 0 Å². The second-order valence-electron chi connectivity index (χ2n) is 5.16.